The van der Waals surface area contributed by atoms with Crippen LogP contribution < -0.4 is 0 Å². The highest BCUT2D eigenvalue weighted by molar-refractivity contribution is 5.99. The molecule has 5 heteroatoms. The Hall–Kier alpha value is -3.60. The maximum atomic E-state index is 4.75. The van der Waals surface area contributed by atoms with E-state index in [0.29, 0.717) is 0 Å². The second-order valence-corrected chi connectivity index (χ2v) is 8.44. The summed E-state index contributed by atoms with van der Waals surface area (Å²) < 4.78 is 1.80. The molecule has 0 radical (unpaired) electrons. The molecule has 0 fully saturated rings. The monoisotopic (exact) mass is 409 g/mol. The van der Waals surface area contributed by atoms with E-state index in [1.165, 1.54) is 16.8 Å². The predicted molar refractivity (Wildman–Crippen MR) is 127 cm³/mol. The molecule has 0 saturated heterocycles. The van der Waals surface area contributed by atoms with E-state index in [2.05, 4.69) is 72.4 Å². The predicted octanol–water partition coefficient (Wildman–Crippen LogP) is 4.97. The van der Waals surface area contributed by atoms with Crippen molar-refractivity contribution in [1.29, 1.82) is 0 Å². The van der Waals surface area contributed by atoms with E-state index in [1.54, 1.807) is 4.68 Å². The van der Waals surface area contributed by atoms with Gasteiger partial charge in [-0.25, -0.2) is 0 Å². The van der Waals surface area contributed by atoms with Crippen molar-refractivity contribution in [2.45, 2.75) is 13.3 Å². The van der Waals surface area contributed by atoms with Gasteiger partial charge in [-0.3, -0.25) is 9.67 Å². The summed E-state index contributed by atoms with van der Waals surface area (Å²) in [4.78, 5) is 9.36. The van der Waals surface area contributed by atoms with Crippen molar-refractivity contribution in [3.63, 3.8) is 0 Å². The van der Waals surface area contributed by atoms with E-state index in [0.717, 1.165) is 58.5 Å². The van der Waals surface area contributed by atoms with E-state index < -0.39 is 0 Å². The molecule has 2 aliphatic rings. The van der Waals surface area contributed by atoms with Crippen molar-refractivity contribution >= 4 is 16.3 Å². The molecule has 0 spiro atoms. The number of likely N-dealkylation sites (N-methyl/N-ethyl adjacent to an activating group) is 1. The smallest absolute Gasteiger partial charge is 0.0739 e. The summed E-state index contributed by atoms with van der Waals surface area (Å²) >= 11 is 0. The van der Waals surface area contributed by atoms with Crippen LogP contribution in [0, 0.1) is 0 Å². The third-order valence-electron chi connectivity index (χ3n) is 6.39. The average molecular weight is 410 g/mol. The molecule has 1 aromatic carbocycles. The number of nitrogens with zero attached hydrogens (tertiary/aromatic N) is 5. The van der Waals surface area contributed by atoms with Gasteiger partial charge in [-0.15, -0.1) is 0 Å². The van der Waals surface area contributed by atoms with Crippen LogP contribution in [0.25, 0.3) is 27.6 Å². The van der Waals surface area contributed by atoms with Gasteiger partial charge in [0.2, 0.25) is 0 Å². The van der Waals surface area contributed by atoms with Crippen molar-refractivity contribution < 1.29 is 0 Å². The van der Waals surface area contributed by atoms with E-state index in [-0.39, 0.29) is 0 Å². The first-order valence-electron chi connectivity index (χ1n) is 10.6. The van der Waals surface area contributed by atoms with E-state index >= 15 is 0 Å². The van der Waals surface area contributed by atoms with Gasteiger partial charge in [-0.05, 0) is 35.6 Å². The van der Waals surface area contributed by atoms with Crippen LogP contribution in [0.4, 0.5) is 0 Å². The fourth-order valence-corrected chi connectivity index (χ4v) is 4.57. The number of benzene rings is 1. The Morgan fingerprint density at radius 2 is 2.00 bits per heavy atom. The Morgan fingerprint density at radius 1 is 1.16 bits per heavy atom. The minimum Gasteiger partial charge on any atom is -0.371 e. The van der Waals surface area contributed by atoms with Crippen LogP contribution in [0.5, 0.6) is 0 Å². The van der Waals surface area contributed by atoms with Crippen molar-refractivity contribution in [3.8, 4) is 11.3 Å². The van der Waals surface area contributed by atoms with Gasteiger partial charge in [-0.1, -0.05) is 31.4 Å². The maximum Gasteiger partial charge on any atom is 0.0739 e. The first kappa shape index (κ1) is 19.4. The van der Waals surface area contributed by atoms with E-state index in [1.807, 2.05) is 25.6 Å². The topological polar surface area (TPSA) is 37.2 Å². The summed E-state index contributed by atoms with van der Waals surface area (Å²) in [5.41, 5.74) is 9.13. The van der Waals surface area contributed by atoms with Crippen LogP contribution in [-0.4, -0.2) is 44.7 Å². The molecular formula is C26H27N5. The lowest BCUT2D eigenvalue weighted by Crippen LogP contribution is -2.35. The lowest BCUT2D eigenvalue weighted by atomic mass is 9.90. The van der Waals surface area contributed by atoms with E-state index in [4.69, 9.17) is 4.98 Å². The molecule has 3 aromatic rings. The molecule has 0 atom stereocenters. The minimum absolute atomic E-state index is 0.889. The van der Waals surface area contributed by atoms with Crippen LogP contribution >= 0.6 is 0 Å². The number of hydrogen-bond donors (Lipinski definition) is 0. The van der Waals surface area contributed by atoms with Gasteiger partial charge < -0.3 is 9.80 Å². The maximum absolute atomic E-state index is 4.75. The second-order valence-electron chi connectivity index (χ2n) is 8.44. The van der Waals surface area contributed by atoms with Crippen LogP contribution in [0.3, 0.4) is 0 Å². The molecule has 0 aliphatic carbocycles. The number of rotatable bonds is 3. The molecule has 0 N–H and O–H groups in total. The standard InChI is InChI=1S/C26H27N5/c1-17(2)31-10-9-26-20(16-31)11-23(18(3)30(26)5)22-8-6-7-19-12-25(27-14-24(19)22)21-13-28-29(4)15-21/h6-8,11-15H,1,3,9-10,16H2,2,4-5H3. The van der Waals surface area contributed by atoms with Gasteiger partial charge in [0.25, 0.3) is 0 Å². The summed E-state index contributed by atoms with van der Waals surface area (Å²) in [5, 5.41) is 6.57. The zero-order chi connectivity index (χ0) is 21.7. The Balaban J connectivity index is 1.60. The number of aryl methyl sites for hydroxylation is 1. The molecule has 156 valence electrons. The molecular weight excluding hydrogens is 382 g/mol. The normalized spacial score (nSPS) is 16.6. The lowest BCUT2D eigenvalue weighted by molar-refractivity contribution is 0.331. The molecule has 5 rings (SSSR count). The number of hydrogen-bond acceptors (Lipinski definition) is 4. The quantitative estimate of drug-likeness (QED) is 0.612. The molecule has 0 saturated carbocycles. The zero-order valence-electron chi connectivity index (χ0n) is 18.4. The van der Waals surface area contributed by atoms with Gasteiger partial charge in [0.15, 0.2) is 0 Å². The number of fused-ring (bicyclic) bond motifs is 1. The molecule has 5 nitrogen and oxygen atoms in total. The van der Waals surface area contributed by atoms with Gasteiger partial charge in [0.05, 0.1) is 11.9 Å². The fourth-order valence-electron chi connectivity index (χ4n) is 4.57. The first-order valence-corrected chi connectivity index (χ1v) is 10.6. The lowest BCUT2D eigenvalue weighted by Gasteiger charge is -2.39. The molecule has 0 bridgehead atoms. The second kappa shape index (κ2) is 7.27. The summed E-state index contributed by atoms with van der Waals surface area (Å²) in [6.45, 7) is 12.5. The Bertz CT molecular complexity index is 1290. The molecule has 2 aliphatic heterocycles. The summed E-state index contributed by atoms with van der Waals surface area (Å²) in [6.07, 6.45) is 9.14. The summed E-state index contributed by atoms with van der Waals surface area (Å²) in [7, 11) is 4.05. The molecule has 4 heterocycles. The van der Waals surface area contributed by atoms with Gasteiger partial charge in [0, 0.05) is 79.6 Å². The number of aromatic nitrogens is 3. The minimum atomic E-state index is 0.889. The van der Waals surface area contributed by atoms with Crippen LogP contribution in [0.2, 0.25) is 0 Å². The fraction of sp³-hybridized carbons (Fsp3) is 0.231. The SMILES string of the molecule is C=C(C)N1CCC2=C(C=C(c3cccc4cc(-c5cnn(C)c5)ncc34)C(=C)N2C)C1. The Morgan fingerprint density at radius 3 is 2.74 bits per heavy atom. The van der Waals surface area contributed by atoms with Crippen molar-refractivity contribution in [2.24, 2.45) is 7.05 Å². The molecule has 0 amide bonds. The van der Waals surface area contributed by atoms with E-state index in [9.17, 15) is 0 Å². The highest BCUT2D eigenvalue weighted by Crippen LogP contribution is 2.39. The zero-order valence-corrected chi connectivity index (χ0v) is 18.4. The summed E-state index contributed by atoms with van der Waals surface area (Å²) in [6, 6.07) is 8.57. The van der Waals surface area contributed by atoms with Crippen LogP contribution in [0.1, 0.15) is 18.9 Å². The van der Waals surface area contributed by atoms with Gasteiger partial charge in [-0.2, -0.15) is 5.10 Å². The van der Waals surface area contributed by atoms with Gasteiger partial charge in [0.1, 0.15) is 0 Å². The molecule has 0 unspecified atom stereocenters. The Labute approximate surface area is 183 Å². The van der Waals surface area contributed by atoms with Crippen molar-refractivity contribution in [3.05, 3.63) is 90.3 Å². The van der Waals surface area contributed by atoms with Crippen LogP contribution in [0.15, 0.2) is 84.8 Å². The highest BCUT2D eigenvalue weighted by Gasteiger charge is 2.27. The highest BCUT2D eigenvalue weighted by atomic mass is 15.2. The van der Waals surface area contributed by atoms with Crippen molar-refractivity contribution in [2.75, 3.05) is 20.1 Å². The van der Waals surface area contributed by atoms with Crippen LogP contribution in [-0.2, 0) is 7.05 Å². The first-order chi connectivity index (χ1) is 14.9. The third kappa shape index (κ3) is 3.26. The van der Waals surface area contributed by atoms with Crippen molar-refractivity contribution in [1.82, 2.24) is 24.6 Å². The molecule has 31 heavy (non-hydrogen) atoms. The number of allylic oxidation sites excluding steroid dienone is 2. The summed E-state index contributed by atoms with van der Waals surface area (Å²) in [5.74, 6) is 0. The van der Waals surface area contributed by atoms with Gasteiger partial charge >= 0.3 is 0 Å². The average Bonchev–Trinajstić information content (AvgIpc) is 3.21. The largest absolute Gasteiger partial charge is 0.371 e. The third-order valence-corrected chi connectivity index (χ3v) is 6.39. The number of pyridine rings is 1. The molecule has 2 aromatic heterocycles. The Kier molecular flexibility index (Phi) is 4.54.